The molecule has 9 heteroatoms. The fourth-order valence-corrected chi connectivity index (χ4v) is 4.70. The van der Waals surface area contributed by atoms with Crippen LogP contribution in [-0.4, -0.2) is 64.0 Å². The number of carbonyl (C=O) groups is 1. The van der Waals surface area contributed by atoms with Crippen LogP contribution in [0.1, 0.15) is 22.8 Å². The standard InChI is InChI=1S/C21H24N4O4S/c1-15(25-10-12-29-13-11-25)14-22-21(26)16-6-8-17(9-7-16)23-20-18-4-2-3-5-19(18)30(27,28)24-20/h2-9,15H,10-14H2,1H3,(H,22,26)(H,23,24). The van der Waals surface area contributed by atoms with E-state index in [1.165, 1.54) is 6.07 Å². The van der Waals surface area contributed by atoms with Crippen molar-refractivity contribution in [2.24, 2.45) is 4.40 Å². The molecule has 1 atom stereocenters. The fraction of sp³-hybridized carbons (Fsp3) is 0.333. The molecule has 2 aliphatic heterocycles. The van der Waals surface area contributed by atoms with Gasteiger partial charge >= 0.3 is 0 Å². The average Bonchev–Trinajstić information content (AvgIpc) is 3.03. The van der Waals surface area contributed by atoms with Crippen LogP contribution in [0.5, 0.6) is 0 Å². The van der Waals surface area contributed by atoms with E-state index in [2.05, 4.69) is 26.9 Å². The monoisotopic (exact) mass is 428 g/mol. The number of anilines is 1. The molecule has 0 spiro atoms. The summed E-state index contributed by atoms with van der Waals surface area (Å²) in [6.07, 6.45) is 0. The van der Waals surface area contributed by atoms with Crippen LogP contribution >= 0.6 is 0 Å². The Morgan fingerprint density at radius 3 is 2.57 bits per heavy atom. The normalized spacial score (nSPS) is 18.9. The molecule has 1 fully saturated rings. The quantitative estimate of drug-likeness (QED) is 0.752. The van der Waals surface area contributed by atoms with Gasteiger partial charge in [0.1, 0.15) is 4.90 Å². The highest BCUT2D eigenvalue weighted by Gasteiger charge is 2.28. The van der Waals surface area contributed by atoms with Crippen LogP contribution in [0.15, 0.2) is 57.8 Å². The largest absolute Gasteiger partial charge is 0.379 e. The molecule has 2 N–H and O–H groups in total. The predicted octanol–water partition coefficient (Wildman–Crippen LogP) is 1.70. The molecule has 30 heavy (non-hydrogen) atoms. The Bertz CT molecular complexity index is 1060. The van der Waals surface area contributed by atoms with Crippen molar-refractivity contribution in [1.82, 2.24) is 10.2 Å². The predicted molar refractivity (Wildman–Crippen MR) is 114 cm³/mol. The van der Waals surface area contributed by atoms with Crippen LogP contribution in [0.25, 0.3) is 0 Å². The van der Waals surface area contributed by atoms with Crippen LogP contribution < -0.4 is 10.6 Å². The first-order valence-corrected chi connectivity index (χ1v) is 11.3. The van der Waals surface area contributed by atoms with Gasteiger partial charge in [0.25, 0.3) is 15.9 Å². The van der Waals surface area contributed by atoms with E-state index in [1.54, 1.807) is 42.5 Å². The summed E-state index contributed by atoms with van der Waals surface area (Å²) < 4.78 is 33.5. The second kappa shape index (κ2) is 8.55. The molecule has 2 aromatic rings. The van der Waals surface area contributed by atoms with Crippen molar-refractivity contribution in [2.45, 2.75) is 17.9 Å². The lowest BCUT2D eigenvalue weighted by atomic mass is 10.1. The molecule has 1 unspecified atom stereocenters. The summed E-state index contributed by atoms with van der Waals surface area (Å²) >= 11 is 0. The van der Waals surface area contributed by atoms with Crippen molar-refractivity contribution in [1.29, 1.82) is 0 Å². The molecule has 0 aliphatic carbocycles. The minimum atomic E-state index is -3.67. The Balaban J connectivity index is 1.37. The van der Waals surface area contributed by atoms with Gasteiger partial charge in [-0.3, -0.25) is 9.69 Å². The van der Waals surface area contributed by atoms with Crippen LogP contribution in [-0.2, 0) is 14.8 Å². The highest BCUT2D eigenvalue weighted by Crippen LogP contribution is 2.26. The molecule has 0 bridgehead atoms. The number of amides is 1. The topological polar surface area (TPSA) is 100 Å². The molecule has 2 aromatic carbocycles. The van der Waals surface area contributed by atoms with Crippen LogP contribution in [0.3, 0.4) is 0 Å². The van der Waals surface area contributed by atoms with Crippen molar-refractivity contribution in [3.63, 3.8) is 0 Å². The van der Waals surface area contributed by atoms with Crippen molar-refractivity contribution < 1.29 is 17.9 Å². The summed E-state index contributed by atoms with van der Waals surface area (Å²) in [5, 5.41) is 6.00. The molecular formula is C21H24N4O4S. The summed E-state index contributed by atoms with van der Waals surface area (Å²) in [5.41, 5.74) is 1.73. The number of morpholine rings is 1. The number of hydrogen-bond donors (Lipinski definition) is 2. The number of fused-ring (bicyclic) bond motifs is 1. The Morgan fingerprint density at radius 2 is 1.83 bits per heavy atom. The van der Waals surface area contributed by atoms with Gasteiger partial charge in [-0.2, -0.15) is 8.42 Å². The van der Waals surface area contributed by atoms with Gasteiger partial charge in [0.15, 0.2) is 5.84 Å². The van der Waals surface area contributed by atoms with E-state index in [0.717, 1.165) is 26.3 Å². The molecule has 8 nitrogen and oxygen atoms in total. The maximum atomic E-state index is 12.5. The lowest BCUT2D eigenvalue weighted by Gasteiger charge is -2.32. The van der Waals surface area contributed by atoms with Crippen LogP contribution in [0, 0.1) is 0 Å². The summed E-state index contributed by atoms with van der Waals surface area (Å²) in [7, 11) is -3.67. The fourth-order valence-electron chi connectivity index (χ4n) is 3.53. The highest BCUT2D eigenvalue weighted by molar-refractivity contribution is 7.90. The Labute approximate surface area is 176 Å². The van der Waals surface area contributed by atoms with E-state index >= 15 is 0 Å². The molecule has 1 saturated heterocycles. The zero-order chi connectivity index (χ0) is 21.1. The summed E-state index contributed by atoms with van der Waals surface area (Å²) in [6, 6.07) is 13.8. The first-order chi connectivity index (χ1) is 14.4. The number of carbonyl (C=O) groups excluding carboxylic acids is 1. The van der Waals surface area contributed by atoms with E-state index in [9.17, 15) is 13.2 Å². The first kappa shape index (κ1) is 20.5. The van der Waals surface area contributed by atoms with Gasteiger partial charge in [0.2, 0.25) is 0 Å². The van der Waals surface area contributed by atoms with Crippen molar-refractivity contribution in [2.75, 3.05) is 38.2 Å². The molecule has 2 aliphatic rings. The summed E-state index contributed by atoms with van der Waals surface area (Å²) in [4.78, 5) is 14.9. The van der Waals surface area contributed by atoms with Crippen molar-refractivity contribution in [3.8, 4) is 0 Å². The number of sulfonamides is 1. The molecule has 0 saturated carbocycles. The van der Waals surface area contributed by atoms with Crippen LogP contribution in [0.2, 0.25) is 0 Å². The second-order valence-corrected chi connectivity index (χ2v) is 8.89. The third kappa shape index (κ3) is 4.38. The van der Waals surface area contributed by atoms with Gasteiger partial charge in [0, 0.05) is 42.5 Å². The van der Waals surface area contributed by atoms with Gasteiger partial charge in [-0.1, -0.05) is 12.1 Å². The molecule has 0 aromatic heterocycles. The number of rotatable bonds is 5. The maximum absolute atomic E-state index is 12.5. The van der Waals surface area contributed by atoms with Crippen molar-refractivity contribution in [3.05, 3.63) is 59.7 Å². The minimum absolute atomic E-state index is 0.146. The van der Waals surface area contributed by atoms with Gasteiger partial charge in [0.05, 0.1) is 13.2 Å². The van der Waals surface area contributed by atoms with Gasteiger partial charge in [-0.05, 0) is 43.3 Å². The van der Waals surface area contributed by atoms with E-state index in [4.69, 9.17) is 4.74 Å². The van der Waals surface area contributed by atoms with Gasteiger partial charge in [-0.25, -0.2) is 0 Å². The van der Waals surface area contributed by atoms with Gasteiger partial charge < -0.3 is 15.4 Å². The number of hydrogen-bond acceptors (Lipinski definition) is 6. The second-order valence-electron chi connectivity index (χ2n) is 7.32. The Morgan fingerprint density at radius 1 is 1.13 bits per heavy atom. The molecule has 4 rings (SSSR count). The van der Waals surface area contributed by atoms with E-state index in [0.29, 0.717) is 23.4 Å². The smallest absolute Gasteiger partial charge is 0.285 e. The number of amidine groups is 1. The third-order valence-corrected chi connectivity index (χ3v) is 6.60. The third-order valence-electron chi connectivity index (χ3n) is 5.27. The number of benzene rings is 2. The minimum Gasteiger partial charge on any atom is -0.379 e. The Hall–Kier alpha value is -2.75. The maximum Gasteiger partial charge on any atom is 0.285 e. The zero-order valence-corrected chi connectivity index (χ0v) is 17.5. The van der Waals surface area contributed by atoms with E-state index < -0.39 is 10.0 Å². The molecule has 2 heterocycles. The molecule has 1 amide bonds. The van der Waals surface area contributed by atoms with Gasteiger partial charge in [-0.15, -0.1) is 4.40 Å². The molecule has 0 radical (unpaired) electrons. The van der Waals surface area contributed by atoms with E-state index in [-0.39, 0.29) is 22.7 Å². The van der Waals surface area contributed by atoms with Crippen LogP contribution in [0.4, 0.5) is 5.69 Å². The lowest BCUT2D eigenvalue weighted by Crippen LogP contribution is -2.47. The Kier molecular flexibility index (Phi) is 5.85. The number of ether oxygens (including phenoxy) is 1. The summed E-state index contributed by atoms with van der Waals surface area (Å²) in [5.74, 6) is 0.134. The summed E-state index contributed by atoms with van der Waals surface area (Å²) in [6.45, 7) is 5.85. The number of nitrogens with one attached hydrogen (secondary N) is 2. The zero-order valence-electron chi connectivity index (χ0n) is 16.7. The molecule has 158 valence electrons. The molecular weight excluding hydrogens is 404 g/mol. The highest BCUT2D eigenvalue weighted by atomic mass is 32.2. The first-order valence-electron chi connectivity index (χ1n) is 9.85. The average molecular weight is 429 g/mol. The lowest BCUT2D eigenvalue weighted by molar-refractivity contribution is 0.0204. The van der Waals surface area contributed by atoms with Crippen molar-refractivity contribution >= 4 is 27.5 Å². The number of nitrogens with zero attached hydrogens (tertiary/aromatic N) is 2. The SMILES string of the molecule is CC(CNC(=O)c1ccc(NC2=NS(=O)(=O)c3ccccc32)cc1)N1CCOCC1. The van der Waals surface area contributed by atoms with E-state index in [1.807, 2.05) is 0 Å².